The maximum atomic E-state index is 13.5. The van der Waals surface area contributed by atoms with Gasteiger partial charge in [-0.05, 0) is 36.6 Å². The van der Waals surface area contributed by atoms with Gasteiger partial charge in [0.15, 0.2) is 6.10 Å². The number of halogens is 2. The van der Waals surface area contributed by atoms with Crippen molar-refractivity contribution >= 4 is 23.6 Å². The van der Waals surface area contributed by atoms with E-state index >= 15 is 0 Å². The Morgan fingerprint density at radius 2 is 1.81 bits per heavy atom. The SMILES string of the molecule is C[C@H](OC(=O)CSc1cc(F)ccc1F)C(=O)NC[C@H](C)c1ccccc1. The summed E-state index contributed by atoms with van der Waals surface area (Å²) in [6.07, 6.45) is -0.974. The number of thioether (sulfide) groups is 1. The molecule has 2 rings (SSSR count). The number of esters is 1. The molecule has 0 aliphatic rings. The molecule has 1 amide bonds. The van der Waals surface area contributed by atoms with E-state index in [0.717, 1.165) is 35.5 Å². The van der Waals surface area contributed by atoms with Crippen molar-refractivity contribution < 1.29 is 23.1 Å². The molecule has 0 spiro atoms. The molecule has 2 aromatic carbocycles. The van der Waals surface area contributed by atoms with Crippen LogP contribution in [-0.2, 0) is 14.3 Å². The minimum absolute atomic E-state index is 0.0146. The summed E-state index contributed by atoms with van der Waals surface area (Å²) in [4.78, 5) is 23.9. The number of amides is 1. The zero-order chi connectivity index (χ0) is 19.8. The molecule has 0 aromatic heterocycles. The van der Waals surface area contributed by atoms with Crippen LogP contribution in [0.2, 0.25) is 0 Å². The molecule has 0 aliphatic carbocycles. The van der Waals surface area contributed by atoms with E-state index in [-0.39, 0.29) is 16.6 Å². The molecular weight excluding hydrogens is 372 g/mol. The molecule has 2 aromatic rings. The van der Waals surface area contributed by atoms with E-state index in [0.29, 0.717) is 6.54 Å². The summed E-state index contributed by atoms with van der Waals surface area (Å²) in [5, 5.41) is 2.74. The third-order valence-corrected chi connectivity index (χ3v) is 4.87. The molecule has 0 bridgehead atoms. The second kappa shape index (κ2) is 10.1. The highest BCUT2D eigenvalue weighted by atomic mass is 32.2. The molecule has 0 heterocycles. The molecule has 0 aliphatic heterocycles. The minimum Gasteiger partial charge on any atom is -0.452 e. The average molecular weight is 393 g/mol. The second-order valence-electron chi connectivity index (χ2n) is 6.05. The molecule has 7 heteroatoms. The summed E-state index contributed by atoms with van der Waals surface area (Å²) in [5.41, 5.74) is 1.09. The standard InChI is InChI=1S/C20H21F2NO3S/c1-13(15-6-4-3-5-7-15)11-23-20(25)14(2)26-19(24)12-27-18-10-16(21)8-9-17(18)22/h3-10,13-14H,11-12H2,1-2H3,(H,23,25)/t13-,14-/m0/s1. The molecular formula is C20H21F2NO3S. The summed E-state index contributed by atoms with van der Waals surface area (Å²) < 4.78 is 31.7. The number of hydrogen-bond donors (Lipinski definition) is 1. The number of nitrogens with one attached hydrogen (secondary N) is 1. The number of hydrogen-bond acceptors (Lipinski definition) is 4. The zero-order valence-electron chi connectivity index (χ0n) is 15.1. The summed E-state index contributed by atoms with van der Waals surface area (Å²) in [7, 11) is 0. The van der Waals surface area contributed by atoms with Crippen LogP contribution in [0.4, 0.5) is 8.78 Å². The molecule has 0 saturated heterocycles. The van der Waals surface area contributed by atoms with Crippen LogP contribution in [0, 0.1) is 11.6 Å². The molecule has 1 N–H and O–H groups in total. The summed E-state index contributed by atoms with van der Waals surface area (Å²) in [6.45, 7) is 3.86. The Labute approximate surface area is 161 Å². The Kier molecular flexibility index (Phi) is 7.79. The zero-order valence-corrected chi connectivity index (χ0v) is 15.9. The molecule has 4 nitrogen and oxygen atoms in total. The van der Waals surface area contributed by atoms with Gasteiger partial charge in [0.1, 0.15) is 11.6 Å². The lowest BCUT2D eigenvalue weighted by Crippen LogP contribution is -2.37. The van der Waals surface area contributed by atoms with E-state index in [1.807, 2.05) is 37.3 Å². The van der Waals surface area contributed by atoms with E-state index in [1.54, 1.807) is 0 Å². The number of carbonyl (C=O) groups is 2. The van der Waals surface area contributed by atoms with Crippen LogP contribution in [0.15, 0.2) is 53.4 Å². The van der Waals surface area contributed by atoms with Gasteiger partial charge < -0.3 is 10.1 Å². The number of benzene rings is 2. The molecule has 0 unspecified atom stereocenters. The van der Waals surface area contributed by atoms with Gasteiger partial charge in [-0.3, -0.25) is 9.59 Å². The molecule has 27 heavy (non-hydrogen) atoms. The van der Waals surface area contributed by atoms with E-state index in [4.69, 9.17) is 4.74 Å². The first-order valence-electron chi connectivity index (χ1n) is 8.46. The van der Waals surface area contributed by atoms with Crippen molar-refractivity contribution in [2.45, 2.75) is 30.8 Å². The van der Waals surface area contributed by atoms with Crippen LogP contribution in [0.1, 0.15) is 25.3 Å². The van der Waals surface area contributed by atoms with Crippen molar-refractivity contribution in [3.05, 3.63) is 65.7 Å². The van der Waals surface area contributed by atoms with Crippen molar-refractivity contribution in [1.82, 2.24) is 5.32 Å². The molecule has 144 valence electrons. The lowest BCUT2D eigenvalue weighted by molar-refractivity contribution is -0.152. The number of rotatable bonds is 8. The fourth-order valence-corrected chi connectivity index (χ4v) is 3.05. The van der Waals surface area contributed by atoms with Crippen LogP contribution in [0.25, 0.3) is 0 Å². The number of ether oxygens (including phenoxy) is 1. The van der Waals surface area contributed by atoms with Gasteiger partial charge in [0.05, 0.1) is 5.75 Å². The van der Waals surface area contributed by atoms with Gasteiger partial charge in [0, 0.05) is 11.4 Å². The van der Waals surface area contributed by atoms with Gasteiger partial charge in [-0.15, -0.1) is 11.8 Å². The van der Waals surface area contributed by atoms with Crippen LogP contribution in [0.5, 0.6) is 0 Å². The lowest BCUT2D eigenvalue weighted by atomic mass is 10.0. The lowest BCUT2D eigenvalue weighted by Gasteiger charge is -2.16. The van der Waals surface area contributed by atoms with Crippen LogP contribution < -0.4 is 5.32 Å². The first-order valence-corrected chi connectivity index (χ1v) is 9.45. The highest BCUT2D eigenvalue weighted by molar-refractivity contribution is 8.00. The summed E-state index contributed by atoms with van der Waals surface area (Å²) in [5.74, 6) is -2.40. The monoisotopic (exact) mass is 393 g/mol. The van der Waals surface area contributed by atoms with E-state index in [2.05, 4.69) is 5.32 Å². The van der Waals surface area contributed by atoms with E-state index < -0.39 is 29.6 Å². The maximum Gasteiger partial charge on any atom is 0.317 e. The topological polar surface area (TPSA) is 55.4 Å². The fraction of sp³-hybridized carbons (Fsp3) is 0.300. The maximum absolute atomic E-state index is 13.5. The average Bonchev–Trinajstić information content (AvgIpc) is 2.67. The second-order valence-corrected chi connectivity index (χ2v) is 7.07. The van der Waals surface area contributed by atoms with Gasteiger partial charge >= 0.3 is 5.97 Å². The van der Waals surface area contributed by atoms with Crippen molar-refractivity contribution in [2.75, 3.05) is 12.3 Å². The summed E-state index contributed by atoms with van der Waals surface area (Å²) >= 11 is 0.817. The van der Waals surface area contributed by atoms with Crippen LogP contribution in [-0.4, -0.2) is 30.3 Å². The molecule has 0 radical (unpaired) electrons. The predicted octanol–water partition coefficient (Wildman–Crippen LogP) is 3.91. The van der Waals surface area contributed by atoms with Crippen LogP contribution >= 0.6 is 11.8 Å². The Morgan fingerprint density at radius 3 is 2.52 bits per heavy atom. The van der Waals surface area contributed by atoms with Gasteiger partial charge in [-0.2, -0.15) is 0 Å². The Morgan fingerprint density at radius 1 is 1.11 bits per heavy atom. The highest BCUT2D eigenvalue weighted by Crippen LogP contribution is 2.22. The highest BCUT2D eigenvalue weighted by Gasteiger charge is 2.19. The van der Waals surface area contributed by atoms with Gasteiger partial charge in [0.2, 0.25) is 0 Å². The quantitative estimate of drug-likeness (QED) is 0.546. The Bertz CT molecular complexity index is 786. The normalized spacial score (nSPS) is 12.9. The third-order valence-electron chi connectivity index (χ3n) is 3.87. The van der Waals surface area contributed by atoms with Crippen molar-refractivity contribution in [2.24, 2.45) is 0 Å². The van der Waals surface area contributed by atoms with Crippen molar-refractivity contribution in [3.8, 4) is 0 Å². The minimum atomic E-state index is -0.974. The Balaban J connectivity index is 1.76. The first kappa shape index (κ1) is 20.9. The predicted molar refractivity (Wildman–Crippen MR) is 101 cm³/mol. The number of carbonyl (C=O) groups excluding carboxylic acids is 2. The summed E-state index contributed by atoms with van der Waals surface area (Å²) in [6, 6.07) is 12.7. The van der Waals surface area contributed by atoms with Crippen molar-refractivity contribution in [3.63, 3.8) is 0 Å². The van der Waals surface area contributed by atoms with Gasteiger partial charge in [-0.1, -0.05) is 37.3 Å². The van der Waals surface area contributed by atoms with Crippen LogP contribution in [0.3, 0.4) is 0 Å². The third kappa shape index (κ3) is 6.67. The van der Waals surface area contributed by atoms with E-state index in [1.165, 1.54) is 6.92 Å². The Hall–Kier alpha value is -2.41. The smallest absolute Gasteiger partial charge is 0.317 e. The molecule has 2 atom stereocenters. The fourth-order valence-electron chi connectivity index (χ4n) is 2.31. The molecule has 0 saturated carbocycles. The van der Waals surface area contributed by atoms with Gasteiger partial charge in [-0.25, -0.2) is 8.78 Å². The van der Waals surface area contributed by atoms with Crippen molar-refractivity contribution in [1.29, 1.82) is 0 Å². The van der Waals surface area contributed by atoms with E-state index in [9.17, 15) is 18.4 Å². The largest absolute Gasteiger partial charge is 0.452 e. The molecule has 0 fully saturated rings. The van der Waals surface area contributed by atoms with Gasteiger partial charge in [0.25, 0.3) is 5.91 Å². The first-order chi connectivity index (χ1) is 12.9.